The van der Waals surface area contributed by atoms with E-state index in [0.29, 0.717) is 17.6 Å². The molecule has 0 saturated carbocycles. The smallest absolute Gasteiger partial charge is 0.195 e. The van der Waals surface area contributed by atoms with Gasteiger partial charge in [-0.25, -0.2) is 18.2 Å². The summed E-state index contributed by atoms with van der Waals surface area (Å²) in [5.74, 6) is -3.55. The Labute approximate surface area is 132 Å². The Balaban J connectivity index is 2.25. The van der Waals surface area contributed by atoms with Gasteiger partial charge in [0.15, 0.2) is 17.5 Å². The minimum atomic E-state index is -1.46. The van der Waals surface area contributed by atoms with E-state index in [1.807, 2.05) is 4.90 Å². The first-order chi connectivity index (χ1) is 11.0. The highest BCUT2D eigenvalue weighted by Crippen LogP contribution is 2.35. The normalized spacial score (nSPS) is 15.8. The summed E-state index contributed by atoms with van der Waals surface area (Å²) in [6, 6.07) is 1.07. The highest BCUT2D eigenvalue weighted by molar-refractivity contribution is 6.01. The van der Waals surface area contributed by atoms with Crippen LogP contribution in [0, 0.1) is 17.5 Å². The number of pyridine rings is 1. The van der Waals surface area contributed by atoms with E-state index in [2.05, 4.69) is 10.3 Å². The average Bonchev–Trinajstić information content (AvgIpc) is 2.80. The highest BCUT2D eigenvalue weighted by atomic mass is 19.2. The van der Waals surface area contributed by atoms with Crippen molar-refractivity contribution in [2.45, 2.75) is 6.42 Å². The zero-order valence-electron chi connectivity index (χ0n) is 13.2. The summed E-state index contributed by atoms with van der Waals surface area (Å²) < 4.78 is 41.9. The summed E-state index contributed by atoms with van der Waals surface area (Å²) in [5.41, 5.74) is 0.632. The third-order valence-electron chi connectivity index (χ3n) is 4.08. The van der Waals surface area contributed by atoms with Crippen LogP contribution in [0.3, 0.4) is 0 Å². The molecular formula is C16H19F3N4. The van der Waals surface area contributed by atoms with Gasteiger partial charge in [0.1, 0.15) is 5.82 Å². The van der Waals surface area contributed by atoms with Crippen LogP contribution < -0.4 is 15.1 Å². The van der Waals surface area contributed by atoms with Crippen molar-refractivity contribution >= 4 is 22.3 Å². The van der Waals surface area contributed by atoms with Gasteiger partial charge in [-0.05, 0) is 19.0 Å². The minimum Gasteiger partial charge on any atom is -0.368 e. The second-order valence-electron chi connectivity index (χ2n) is 5.86. The average molecular weight is 324 g/mol. The first kappa shape index (κ1) is 15.9. The molecule has 23 heavy (non-hydrogen) atoms. The third-order valence-corrected chi connectivity index (χ3v) is 4.08. The molecule has 1 aromatic heterocycles. The fourth-order valence-electron chi connectivity index (χ4n) is 2.95. The molecule has 1 aromatic carbocycles. The molecule has 0 amide bonds. The maximum absolute atomic E-state index is 14.4. The van der Waals surface area contributed by atoms with E-state index in [4.69, 9.17) is 0 Å². The Kier molecular flexibility index (Phi) is 4.30. The van der Waals surface area contributed by atoms with E-state index in [1.54, 1.807) is 25.2 Å². The van der Waals surface area contributed by atoms with Gasteiger partial charge in [-0.3, -0.25) is 0 Å². The summed E-state index contributed by atoms with van der Waals surface area (Å²) in [6.07, 6.45) is 2.53. The fourth-order valence-corrected chi connectivity index (χ4v) is 2.95. The number of hydrogen-bond acceptors (Lipinski definition) is 4. The van der Waals surface area contributed by atoms with Crippen LogP contribution in [0.1, 0.15) is 6.42 Å². The molecule has 2 heterocycles. The van der Waals surface area contributed by atoms with Crippen LogP contribution in [0.15, 0.2) is 12.3 Å². The van der Waals surface area contributed by atoms with Crippen LogP contribution in [0.2, 0.25) is 0 Å². The lowest BCUT2D eigenvalue weighted by Gasteiger charge is -2.25. The molecule has 0 spiro atoms. The van der Waals surface area contributed by atoms with Gasteiger partial charge in [-0.2, -0.15) is 0 Å². The van der Waals surface area contributed by atoms with Crippen LogP contribution in [0.25, 0.3) is 10.8 Å². The van der Waals surface area contributed by atoms with E-state index in [9.17, 15) is 13.2 Å². The number of anilines is 2. The second-order valence-corrected chi connectivity index (χ2v) is 5.86. The Morgan fingerprint density at radius 2 is 1.91 bits per heavy atom. The van der Waals surface area contributed by atoms with Crippen molar-refractivity contribution in [1.82, 2.24) is 10.3 Å². The number of nitrogens with zero attached hydrogens (tertiary/aromatic N) is 3. The second kappa shape index (κ2) is 6.23. The molecule has 0 aliphatic carbocycles. The molecule has 3 rings (SSSR count). The lowest BCUT2D eigenvalue weighted by atomic mass is 10.1. The highest BCUT2D eigenvalue weighted by Gasteiger charge is 2.22. The lowest BCUT2D eigenvalue weighted by molar-refractivity contribution is 0.453. The van der Waals surface area contributed by atoms with Crippen molar-refractivity contribution in [2.24, 2.45) is 0 Å². The molecule has 0 bridgehead atoms. The molecule has 0 unspecified atom stereocenters. The van der Waals surface area contributed by atoms with E-state index in [-0.39, 0.29) is 11.2 Å². The number of rotatable bonds is 2. The number of benzene rings is 1. The molecule has 1 aliphatic heterocycles. The van der Waals surface area contributed by atoms with Gasteiger partial charge in [0.2, 0.25) is 0 Å². The lowest BCUT2D eigenvalue weighted by Crippen LogP contribution is -2.28. The number of halogens is 3. The first-order valence-electron chi connectivity index (χ1n) is 7.60. The molecule has 1 aliphatic rings. The topological polar surface area (TPSA) is 31.4 Å². The molecular weight excluding hydrogens is 305 g/mol. The number of hydrogen-bond donors (Lipinski definition) is 1. The van der Waals surface area contributed by atoms with Crippen molar-refractivity contribution in [3.8, 4) is 0 Å². The van der Waals surface area contributed by atoms with Crippen molar-refractivity contribution in [1.29, 1.82) is 0 Å². The van der Waals surface area contributed by atoms with Crippen molar-refractivity contribution < 1.29 is 13.2 Å². The number of aromatic nitrogens is 1. The van der Waals surface area contributed by atoms with Gasteiger partial charge in [-0.15, -0.1) is 0 Å². The summed E-state index contributed by atoms with van der Waals surface area (Å²) >= 11 is 0. The van der Waals surface area contributed by atoms with Crippen molar-refractivity contribution in [3.63, 3.8) is 0 Å². The van der Waals surface area contributed by atoms with Gasteiger partial charge in [0.25, 0.3) is 0 Å². The van der Waals surface area contributed by atoms with Crippen molar-refractivity contribution in [2.75, 3.05) is 50.1 Å². The van der Waals surface area contributed by atoms with Gasteiger partial charge < -0.3 is 15.1 Å². The van der Waals surface area contributed by atoms with Gasteiger partial charge in [0, 0.05) is 39.1 Å². The van der Waals surface area contributed by atoms with Gasteiger partial charge >= 0.3 is 0 Å². The van der Waals surface area contributed by atoms with Gasteiger partial charge in [0.05, 0.1) is 17.3 Å². The largest absolute Gasteiger partial charge is 0.368 e. The number of nitrogens with one attached hydrogen (secondary N) is 1. The SMILES string of the molecule is CN(C)c1ncc(N2CCCNCC2)c2cc(F)c(F)c(F)c12. The molecule has 1 fully saturated rings. The van der Waals surface area contributed by atoms with Gasteiger partial charge in [-0.1, -0.05) is 0 Å². The Hall–Kier alpha value is -2.02. The zero-order valence-corrected chi connectivity index (χ0v) is 13.2. The Bertz CT molecular complexity index is 725. The molecule has 0 atom stereocenters. The predicted octanol–water partition coefficient (Wildman–Crippen LogP) is 2.52. The maximum Gasteiger partial charge on any atom is 0.195 e. The molecule has 1 N–H and O–H groups in total. The fraction of sp³-hybridized carbons (Fsp3) is 0.438. The standard InChI is InChI=1S/C16H19F3N4/c1-22(2)16-13-10(8-11(17)14(18)15(13)19)12(9-21-16)23-6-3-4-20-5-7-23/h8-9,20H,3-7H2,1-2H3. The Morgan fingerprint density at radius 1 is 1.13 bits per heavy atom. The summed E-state index contributed by atoms with van der Waals surface area (Å²) in [6.45, 7) is 3.14. The summed E-state index contributed by atoms with van der Waals surface area (Å²) in [7, 11) is 3.38. The third kappa shape index (κ3) is 2.81. The maximum atomic E-state index is 14.4. The molecule has 1 saturated heterocycles. The molecule has 124 valence electrons. The van der Waals surface area contributed by atoms with E-state index in [1.165, 1.54) is 0 Å². The van der Waals surface area contributed by atoms with Crippen LogP contribution in [0.5, 0.6) is 0 Å². The van der Waals surface area contributed by atoms with Crippen molar-refractivity contribution in [3.05, 3.63) is 29.7 Å². The van der Waals surface area contributed by atoms with Crippen LogP contribution >= 0.6 is 0 Å². The first-order valence-corrected chi connectivity index (χ1v) is 7.60. The Morgan fingerprint density at radius 3 is 2.65 bits per heavy atom. The van der Waals surface area contributed by atoms with Crippen LogP contribution in [-0.2, 0) is 0 Å². The van der Waals surface area contributed by atoms with E-state index >= 15 is 0 Å². The molecule has 0 radical (unpaired) electrons. The molecule has 2 aromatic rings. The van der Waals surface area contributed by atoms with E-state index < -0.39 is 17.5 Å². The van der Waals surface area contributed by atoms with Crippen LogP contribution in [0.4, 0.5) is 24.7 Å². The molecule has 4 nitrogen and oxygen atoms in total. The minimum absolute atomic E-state index is 0.0172. The zero-order chi connectivity index (χ0) is 16.6. The number of fused-ring (bicyclic) bond motifs is 1. The quantitative estimate of drug-likeness (QED) is 0.860. The van der Waals surface area contributed by atoms with Crippen LogP contribution in [-0.4, -0.2) is 45.3 Å². The summed E-state index contributed by atoms with van der Waals surface area (Å²) in [4.78, 5) is 7.91. The monoisotopic (exact) mass is 324 g/mol. The summed E-state index contributed by atoms with van der Waals surface area (Å²) in [5, 5.41) is 3.64. The van der Waals surface area contributed by atoms with E-state index in [0.717, 1.165) is 32.1 Å². The predicted molar refractivity (Wildman–Crippen MR) is 85.6 cm³/mol. The molecule has 7 heteroatoms.